The van der Waals surface area contributed by atoms with E-state index in [0.717, 1.165) is 37.6 Å². The first kappa shape index (κ1) is 13.5. The molecular weight excluding hydrogens is 230 g/mol. The van der Waals surface area contributed by atoms with Crippen molar-refractivity contribution in [2.75, 3.05) is 13.2 Å². The molecule has 1 atom stereocenters. The van der Waals surface area contributed by atoms with Gasteiger partial charge in [-0.05, 0) is 32.2 Å². The van der Waals surface area contributed by atoms with Gasteiger partial charge >= 0.3 is 0 Å². The maximum atomic E-state index is 8.91. The SMILES string of the molecule is CC(C)c1nc(CN2CCCC2CCCO)no1. The van der Waals surface area contributed by atoms with Crippen LogP contribution < -0.4 is 0 Å². The van der Waals surface area contributed by atoms with Crippen LogP contribution in [0.3, 0.4) is 0 Å². The Balaban J connectivity index is 1.90. The minimum absolute atomic E-state index is 0.282. The van der Waals surface area contributed by atoms with E-state index in [9.17, 15) is 0 Å². The maximum absolute atomic E-state index is 8.91. The molecule has 1 aromatic heterocycles. The van der Waals surface area contributed by atoms with E-state index < -0.39 is 0 Å². The normalized spacial score (nSPS) is 21.0. The predicted molar refractivity (Wildman–Crippen MR) is 68.1 cm³/mol. The topological polar surface area (TPSA) is 62.4 Å². The zero-order chi connectivity index (χ0) is 13.0. The van der Waals surface area contributed by atoms with E-state index >= 15 is 0 Å². The van der Waals surface area contributed by atoms with Gasteiger partial charge in [0.1, 0.15) is 0 Å². The second-order valence-electron chi connectivity index (χ2n) is 5.34. The first-order chi connectivity index (χ1) is 8.70. The lowest BCUT2D eigenvalue weighted by Gasteiger charge is -2.22. The van der Waals surface area contributed by atoms with Crippen LogP contribution in [0.15, 0.2) is 4.52 Å². The first-order valence-electron chi connectivity index (χ1n) is 6.88. The summed E-state index contributed by atoms with van der Waals surface area (Å²) < 4.78 is 5.22. The van der Waals surface area contributed by atoms with E-state index in [4.69, 9.17) is 9.63 Å². The fourth-order valence-corrected chi connectivity index (χ4v) is 2.50. The number of likely N-dealkylation sites (tertiary alicyclic amines) is 1. The summed E-state index contributed by atoms with van der Waals surface area (Å²) in [6, 6.07) is 0.568. The summed E-state index contributed by atoms with van der Waals surface area (Å²) in [6.45, 7) is 6.26. The highest BCUT2D eigenvalue weighted by Crippen LogP contribution is 2.23. The Labute approximate surface area is 108 Å². The third-order valence-electron chi connectivity index (χ3n) is 3.52. The molecule has 0 aromatic carbocycles. The van der Waals surface area contributed by atoms with Crippen LogP contribution in [0.4, 0.5) is 0 Å². The number of aromatic nitrogens is 2. The van der Waals surface area contributed by atoms with E-state index in [2.05, 4.69) is 28.9 Å². The number of nitrogens with zero attached hydrogens (tertiary/aromatic N) is 3. The van der Waals surface area contributed by atoms with Crippen LogP contribution in [-0.2, 0) is 6.54 Å². The molecule has 0 spiro atoms. The molecule has 1 aliphatic heterocycles. The molecule has 1 aliphatic rings. The summed E-state index contributed by atoms with van der Waals surface area (Å²) in [6.07, 6.45) is 4.38. The maximum Gasteiger partial charge on any atom is 0.229 e. The van der Waals surface area contributed by atoms with Gasteiger partial charge in [-0.25, -0.2) is 0 Å². The van der Waals surface area contributed by atoms with Crippen molar-refractivity contribution in [1.82, 2.24) is 15.0 Å². The molecule has 1 aromatic rings. The Morgan fingerprint density at radius 2 is 2.33 bits per heavy atom. The third-order valence-corrected chi connectivity index (χ3v) is 3.52. The Kier molecular flexibility index (Phi) is 4.72. The quantitative estimate of drug-likeness (QED) is 0.839. The minimum Gasteiger partial charge on any atom is -0.396 e. The van der Waals surface area contributed by atoms with Crippen molar-refractivity contribution in [3.05, 3.63) is 11.7 Å². The summed E-state index contributed by atoms with van der Waals surface area (Å²) in [5.74, 6) is 1.79. The van der Waals surface area contributed by atoms with Crippen molar-refractivity contribution in [2.45, 2.75) is 58.0 Å². The van der Waals surface area contributed by atoms with E-state index in [0.29, 0.717) is 6.04 Å². The van der Waals surface area contributed by atoms with E-state index in [1.807, 2.05) is 0 Å². The summed E-state index contributed by atoms with van der Waals surface area (Å²) in [5, 5.41) is 12.9. The van der Waals surface area contributed by atoms with Crippen LogP contribution in [0.1, 0.15) is 57.2 Å². The molecular formula is C13H23N3O2. The Morgan fingerprint density at radius 1 is 1.50 bits per heavy atom. The molecule has 0 bridgehead atoms. The largest absolute Gasteiger partial charge is 0.396 e. The van der Waals surface area contributed by atoms with Gasteiger partial charge in [0.15, 0.2) is 5.82 Å². The van der Waals surface area contributed by atoms with Crippen molar-refractivity contribution in [2.24, 2.45) is 0 Å². The molecule has 2 rings (SSSR count). The van der Waals surface area contributed by atoms with Gasteiger partial charge in [0.2, 0.25) is 5.89 Å². The first-order valence-corrected chi connectivity index (χ1v) is 6.88. The number of hydrogen-bond donors (Lipinski definition) is 1. The smallest absolute Gasteiger partial charge is 0.229 e. The van der Waals surface area contributed by atoms with Gasteiger partial charge < -0.3 is 9.63 Å². The summed E-state index contributed by atoms with van der Waals surface area (Å²) in [7, 11) is 0. The average molecular weight is 253 g/mol. The lowest BCUT2D eigenvalue weighted by atomic mass is 10.1. The lowest BCUT2D eigenvalue weighted by molar-refractivity contribution is 0.204. The summed E-state index contributed by atoms with van der Waals surface area (Å²) >= 11 is 0. The summed E-state index contributed by atoms with van der Waals surface area (Å²) in [4.78, 5) is 6.83. The Hall–Kier alpha value is -0.940. The van der Waals surface area contributed by atoms with Gasteiger partial charge in [-0.2, -0.15) is 4.98 Å². The van der Waals surface area contributed by atoms with Gasteiger partial charge in [-0.3, -0.25) is 4.90 Å². The number of rotatable bonds is 6. The van der Waals surface area contributed by atoms with Crippen molar-refractivity contribution >= 4 is 0 Å². The molecule has 0 amide bonds. The van der Waals surface area contributed by atoms with Gasteiger partial charge in [-0.1, -0.05) is 19.0 Å². The molecule has 1 fully saturated rings. The molecule has 0 aliphatic carbocycles. The average Bonchev–Trinajstić information content (AvgIpc) is 2.96. The highest BCUT2D eigenvalue weighted by atomic mass is 16.5. The van der Waals surface area contributed by atoms with E-state index in [1.165, 1.54) is 12.8 Å². The molecule has 18 heavy (non-hydrogen) atoms. The fourth-order valence-electron chi connectivity index (χ4n) is 2.50. The lowest BCUT2D eigenvalue weighted by Crippen LogP contribution is -2.29. The van der Waals surface area contributed by atoms with E-state index in [-0.39, 0.29) is 12.5 Å². The fraction of sp³-hybridized carbons (Fsp3) is 0.846. The van der Waals surface area contributed by atoms with Gasteiger partial charge in [0, 0.05) is 18.6 Å². The zero-order valence-electron chi connectivity index (χ0n) is 11.3. The second-order valence-corrected chi connectivity index (χ2v) is 5.34. The van der Waals surface area contributed by atoms with Crippen LogP contribution in [0.25, 0.3) is 0 Å². The van der Waals surface area contributed by atoms with Crippen molar-refractivity contribution in [3.63, 3.8) is 0 Å². The van der Waals surface area contributed by atoms with E-state index in [1.54, 1.807) is 0 Å². The van der Waals surface area contributed by atoms with Gasteiger partial charge in [0.05, 0.1) is 6.54 Å². The van der Waals surface area contributed by atoms with Gasteiger partial charge in [-0.15, -0.1) is 0 Å². The highest BCUT2D eigenvalue weighted by molar-refractivity contribution is 4.92. The van der Waals surface area contributed by atoms with Gasteiger partial charge in [0.25, 0.3) is 0 Å². The molecule has 0 saturated carbocycles. The molecule has 2 heterocycles. The molecule has 1 N–H and O–H groups in total. The van der Waals surface area contributed by atoms with Crippen molar-refractivity contribution < 1.29 is 9.63 Å². The molecule has 1 saturated heterocycles. The van der Waals surface area contributed by atoms with Crippen molar-refractivity contribution in [1.29, 1.82) is 0 Å². The Morgan fingerprint density at radius 3 is 3.00 bits per heavy atom. The molecule has 1 unspecified atom stereocenters. The molecule has 102 valence electrons. The number of aliphatic hydroxyl groups excluding tert-OH is 1. The predicted octanol–water partition coefficient (Wildman–Crippen LogP) is 1.93. The van der Waals surface area contributed by atoms with Crippen molar-refractivity contribution in [3.8, 4) is 0 Å². The highest BCUT2D eigenvalue weighted by Gasteiger charge is 2.25. The molecule has 5 nitrogen and oxygen atoms in total. The number of aliphatic hydroxyl groups is 1. The minimum atomic E-state index is 0.282. The monoisotopic (exact) mass is 253 g/mol. The van der Waals surface area contributed by atoms with Crippen LogP contribution >= 0.6 is 0 Å². The van der Waals surface area contributed by atoms with Crippen LogP contribution in [0.2, 0.25) is 0 Å². The molecule has 5 heteroatoms. The summed E-state index contributed by atoms with van der Waals surface area (Å²) in [5.41, 5.74) is 0. The molecule has 0 radical (unpaired) electrons. The zero-order valence-corrected chi connectivity index (χ0v) is 11.3. The second kappa shape index (κ2) is 6.29. The van der Waals surface area contributed by atoms with Crippen LogP contribution in [0, 0.1) is 0 Å². The van der Waals surface area contributed by atoms with Crippen LogP contribution in [0.5, 0.6) is 0 Å². The Bertz CT molecular complexity index is 365. The third kappa shape index (κ3) is 3.29. The number of hydrogen-bond acceptors (Lipinski definition) is 5. The standard InChI is InChI=1S/C13H23N3O2/c1-10(2)13-14-12(15-18-13)9-16-7-3-5-11(16)6-4-8-17/h10-11,17H,3-9H2,1-2H3. The van der Waals surface area contributed by atoms with Crippen LogP contribution in [-0.4, -0.2) is 39.3 Å².